The van der Waals surface area contributed by atoms with E-state index in [1.807, 2.05) is 13.8 Å². The van der Waals surface area contributed by atoms with E-state index in [4.69, 9.17) is 9.47 Å². The topological polar surface area (TPSA) is 56.3 Å². The molecule has 1 N–H and O–H groups in total. The molecule has 1 aromatic rings. The van der Waals surface area contributed by atoms with Gasteiger partial charge in [0.25, 0.3) is 0 Å². The van der Waals surface area contributed by atoms with Crippen LogP contribution in [0.25, 0.3) is 0 Å². The summed E-state index contributed by atoms with van der Waals surface area (Å²) in [5.41, 5.74) is 1.95. The number of methoxy groups -OCH3 is 1. The third kappa shape index (κ3) is 5.93. The molecule has 0 saturated heterocycles. The summed E-state index contributed by atoms with van der Waals surface area (Å²) in [6, 6.07) is 0. The molecule has 0 radical (unpaired) electrons. The summed E-state index contributed by atoms with van der Waals surface area (Å²) in [5, 5.41) is 3.26. The van der Waals surface area contributed by atoms with Crippen LogP contribution in [-0.4, -0.2) is 43.4 Å². The van der Waals surface area contributed by atoms with E-state index in [0.717, 1.165) is 43.2 Å². The van der Waals surface area contributed by atoms with Gasteiger partial charge >= 0.3 is 0 Å². The summed E-state index contributed by atoms with van der Waals surface area (Å²) in [6.45, 7) is 6.94. The van der Waals surface area contributed by atoms with Crippen molar-refractivity contribution in [2.24, 2.45) is 0 Å². The van der Waals surface area contributed by atoms with E-state index < -0.39 is 0 Å². The highest BCUT2D eigenvalue weighted by atomic mass is 16.5. The van der Waals surface area contributed by atoms with Crippen LogP contribution in [0.2, 0.25) is 0 Å². The fraction of sp³-hybridized carbons (Fsp3) is 0.692. The highest BCUT2D eigenvalue weighted by molar-refractivity contribution is 5.32. The zero-order chi connectivity index (χ0) is 13.2. The van der Waals surface area contributed by atoms with Crippen molar-refractivity contribution >= 4 is 5.82 Å². The van der Waals surface area contributed by atoms with Gasteiger partial charge in [-0.05, 0) is 26.7 Å². The Hall–Kier alpha value is -1.20. The monoisotopic (exact) mass is 253 g/mol. The van der Waals surface area contributed by atoms with Crippen LogP contribution < -0.4 is 5.32 Å². The van der Waals surface area contributed by atoms with Gasteiger partial charge in [-0.25, -0.2) is 4.98 Å². The third-order valence-electron chi connectivity index (χ3n) is 2.65. The Balaban J connectivity index is 2.05. The quantitative estimate of drug-likeness (QED) is 0.682. The molecule has 0 aromatic carbocycles. The van der Waals surface area contributed by atoms with Crippen LogP contribution in [-0.2, 0) is 9.47 Å². The Kier molecular flexibility index (Phi) is 7.29. The minimum Gasteiger partial charge on any atom is -0.382 e. The Morgan fingerprint density at radius 2 is 1.94 bits per heavy atom. The van der Waals surface area contributed by atoms with E-state index >= 15 is 0 Å². The average Bonchev–Trinajstić information content (AvgIpc) is 2.37. The molecule has 0 unspecified atom stereocenters. The highest BCUT2D eigenvalue weighted by Crippen LogP contribution is 2.05. The number of rotatable bonds is 9. The number of nitrogens with zero attached hydrogens (tertiary/aromatic N) is 2. The van der Waals surface area contributed by atoms with Crippen LogP contribution in [0, 0.1) is 13.8 Å². The summed E-state index contributed by atoms with van der Waals surface area (Å²) < 4.78 is 10.3. The smallest absolute Gasteiger partial charge is 0.144 e. The molecule has 1 rings (SSSR count). The molecule has 5 nitrogen and oxygen atoms in total. The van der Waals surface area contributed by atoms with Crippen LogP contribution in [0.1, 0.15) is 24.2 Å². The van der Waals surface area contributed by atoms with Crippen LogP contribution in [0.5, 0.6) is 0 Å². The largest absolute Gasteiger partial charge is 0.382 e. The first kappa shape index (κ1) is 14.9. The minimum atomic E-state index is 0.663. The number of hydrogen-bond donors (Lipinski definition) is 1. The Morgan fingerprint density at radius 1 is 1.11 bits per heavy atom. The van der Waals surface area contributed by atoms with Gasteiger partial charge < -0.3 is 14.8 Å². The predicted molar refractivity (Wildman–Crippen MR) is 71.9 cm³/mol. The first-order valence-electron chi connectivity index (χ1n) is 6.35. The van der Waals surface area contributed by atoms with Crippen LogP contribution in [0.15, 0.2) is 6.20 Å². The number of aromatic nitrogens is 2. The van der Waals surface area contributed by atoms with Gasteiger partial charge in [0.05, 0.1) is 30.8 Å². The zero-order valence-corrected chi connectivity index (χ0v) is 11.5. The van der Waals surface area contributed by atoms with Gasteiger partial charge in [0.15, 0.2) is 0 Å². The van der Waals surface area contributed by atoms with Gasteiger partial charge in [-0.3, -0.25) is 4.98 Å². The van der Waals surface area contributed by atoms with Crippen molar-refractivity contribution in [2.75, 3.05) is 38.8 Å². The van der Waals surface area contributed by atoms with Crippen molar-refractivity contribution in [1.82, 2.24) is 9.97 Å². The van der Waals surface area contributed by atoms with Crippen molar-refractivity contribution < 1.29 is 9.47 Å². The Morgan fingerprint density at radius 3 is 2.67 bits per heavy atom. The fourth-order valence-electron chi connectivity index (χ4n) is 1.42. The van der Waals surface area contributed by atoms with E-state index in [1.165, 1.54) is 0 Å². The molecule has 0 atom stereocenters. The molecule has 1 heterocycles. The minimum absolute atomic E-state index is 0.663. The first-order chi connectivity index (χ1) is 8.74. The van der Waals surface area contributed by atoms with Crippen molar-refractivity contribution in [1.29, 1.82) is 0 Å². The normalized spacial score (nSPS) is 10.6. The van der Waals surface area contributed by atoms with Crippen LogP contribution in [0.4, 0.5) is 5.82 Å². The van der Waals surface area contributed by atoms with E-state index in [0.29, 0.717) is 13.2 Å². The maximum absolute atomic E-state index is 5.38. The van der Waals surface area contributed by atoms with Gasteiger partial charge in [0, 0.05) is 20.3 Å². The van der Waals surface area contributed by atoms with E-state index in [1.54, 1.807) is 13.3 Å². The second-order valence-corrected chi connectivity index (χ2v) is 4.17. The summed E-state index contributed by atoms with van der Waals surface area (Å²) in [4.78, 5) is 8.67. The van der Waals surface area contributed by atoms with Gasteiger partial charge in [0.1, 0.15) is 5.82 Å². The number of unbranched alkanes of at least 4 members (excludes halogenated alkanes) is 1. The number of aryl methyl sites for hydroxylation is 2. The standard InChI is InChI=1S/C13H23N3O2/c1-11-12(2)16-13(10-15-11)14-6-4-5-7-18-9-8-17-3/h10H,4-9H2,1-3H3,(H,14,16). The molecule has 0 bridgehead atoms. The predicted octanol–water partition coefficient (Wildman–Crippen LogP) is 1.95. The van der Waals surface area contributed by atoms with Crippen molar-refractivity contribution in [3.8, 4) is 0 Å². The lowest BCUT2D eigenvalue weighted by Gasteiger charge is -2.07. The van der Waals surface area contributed by atoms with Gasteiger partial charge in [-0.1, -0.05) is 0 Å². The molecular weight excluding hydrogens is 230 g/mol. The summed E-state index contributed by atoms with van der Waals surface area (Å²) in [6.07, 6.45) is 3.87. The summed E-state index contributed by atoms with van der Waals surface area (Å²) in [5.74, 6) is 0.846. The van der Waals surface area contributed by atoms with Gasteiger partial charge in [-0.15, -0.1) is 0 Å². The molecule has 0 aliphatic heterocycles. The van der Waals surface area contributed by atoms with Crippen molar-refractivity contribution in [3.05, 3.63) is 17.6 Å². The molecular formula is C13H23N3O2. The molecule has 0 spiro atoms. The second kappa shape index (κ2) is 8.83. The number of ether oxygens (including phenoxy) is 2. The molecule has 0 aliphatic carbocycles. The molecule has 1 aromatic heterocycles. The Bertz CT molecular complexity index is 345. The van der Waals surface area contributed by atoms with Crippen LogP contribution >= 0.6 is 0 Å². The molecule has 102 valence electrons. The second-order valence-electron chi connectivity index (χ2n) is 4.17. The lowest BCUT2D eigenvalue weighted by Crippen LogP contribution is -2.08. The molecule has 0 fully saturated rings. The molecule has 0 aliphatic rings. The molecule has 0 amide bonds. The number of hydrogen-bond acceptors (Lipinski definition) is 5. The molecule has 0 saturated carbocycles. The lowest BCUT2D eigenvalue weighted by molar-refractivity contribution is 0.0691. The van der Waals surface area contributed by atoms with Gasteiger partial charge in [-0.2, -0.15) is 0 Å². The average molecular weight is 253 g/mol. The SMILES string of the molecule is COCCOCCCCNc1cnc(C)c(C)n1. The fourth-order valence-corrected chi connectivity index (χ4v) is 1.42. The van der Waals surface area contributed by atoms with E-state index in [9.17, 15) is 0 Å². The lowest BCUT2D eigenvalue weighted by atomic mass is 10.3. The van der Waals surface area contributed by atoms with Crippen LogP contribution in [0.3, 0.4) is 0 Å². The highest BCUT2D eigenvalue weighted by Gasteiger charge is 1.98. The summed E-state index contributed by atoms with van der Waals surface area (Å²) in [7, 11) is 1.68. The first-order valence-corrected chi connectivity index (χ1v) is 6.35. The Labute approximate surface area is 109 Å². The number of nitrogens with one attached hydrogen (secondary N) is 1. The van der Waals surface area contributed by atoms with E-state index in [-0.39, 0.29) is 0 Å². The molecule has 5 heteroatoms. The molecule has 18 heavy (non-hydrogen) atoms. The maximum atomic E-state index is 5.38. The van der Waals surface area contributed by atoms with E-state index in [2.05, 4.69) is 15.3 Å². The number of anilines is 1. The maximum Gasteiger partial charge on any atom is 0.144 e. The van der Waals surface area contributed by atoms with Crippen molar-refractivity contribution in [2.45, 2.75) is 26.7 Å². The zero-order valence-electron chi connectivity index (χ0n) is 11.5. The third-order valence-corrected chi connectivity index (χ3v) is 2.65. The van der Waals surface area contributed by atoms with Gasteiger partial charge in [0.2, 0.25) is 0 Å². The van der Waals surface area contributed by atoms with Crippen molar-refractivity contribution in [3.63, 3.8) is 0 Å². The summed E-state index contributed by atoms with van der Waals surface area (Å²) >= 11 is 0.